The minimum Gasteiger partial charge on any atom is -0.377 e. The molecule has 2 aromatic rings. The quantitative estimate of drug-likeness (QED) is 0.277. The third-order valence-corrected chi connectivity index (χ3v) is 4.74. The van der Waals surface area contributed by atoms with Crippen LogP contribution in [0.1, 0.15) is 22.3 Å². The Morgan fingerprint density at radius 2 is 1.96 bits per heavy atom. The zero-order chi connectivity index (χ0) is 21.3. The van der Waals surface area contributed by atoms with E-state index in [1.54, 1.807) is 19.5 Å². The van der Waals surface area contributed by atoms with Gasteiger partial charge in [-0.15, -0.1) is 11.3 Å². The lowest BCUT2D eigenvalue weighted by Gasteiger charge is -2.13. The Kier molecular flexibility index (Phi) is 9.62. The molecule has 0 fully saturated rings. The number of carbonyl (C=O) groups is 1. The minimum atomic E-state index is 0.515. The van der Waals surface area contributed by atoms with E-state index < -0.39 is 0 Å². The smallest absolute Gasteiger partial charge is 0.160 e. The molecule has 0 N–H and O–H groups in total. The molecule has 0 saturated carbocycles. The summed E-state index contributed by atoms with van der Waals surface area (Å²) in [6.07, 6.45) is 8.21. The minimum absolute atomic E-state index is 0.515. The molecule has 28 heavy (non-hydrogen) atoms. The molecule has 0 aromatic carbocycles. The number of aldehydes is 1. The van der Waals surface area contributed by atoms with Gasteiger partial charge < -0.3 is 9.80 Å². The van der Waals surface area contributed by atoms with Gasteiger partial charge in [0.05, 0.1) is 11.2 Å². The molecule has 0 bridgehead atoms. The Labute approximate surface area is 176 Å². The number of anilines is 1. The largest absolute Gasteiger partial charge is 0.377 e. The van der Waals surface area contributed by atoms with Crippen LogP contribution in [0, 0.1) is 6.92 Å². The van der Waals surface area contributed by atoms with Crippen molar-refractivity contribution in [3.05, 3.63) is 58.2 Å². The molecule has 0 spiro atoms. The first-order valence-electron chi connectivity index (χ1n) is 8.61. The van der Waals surface area contributed by atoms with Crippen LogP contribution in [-0.4, -0.2) is 50.7 Å². The second kappa shape index (κ2) is 11.4. The molecular formula is C21H27ClN4OS. The normalized spacial score (nSPS) is 11.6. The maximum Gasteiger partial charge on any atom is 0.160 e. The number of halogens is 1. The zero-order valence-corrected chi connectivity index (χ0v) is 18.8. The van der Waals surface area contributed by atoms with E-state index in [-0.39, 0.29) is 0 Å². The highest BCUT2D eigenvalue weighted by Crippen LogP contribution is 2.31. The standard InChI is InChI=1S/C11H12N2OS.C10H15ClN2/c1-7-4-10(13(2)3)9-5-8(6-14)15-11(9)12-7;1-5-10(7-6-9(2)11)13(4)8-12-3/h4-6H,1-3H3;5-8H,2H2,1,3-4H3/b;7-6-,10-5+,12-8?. The molecule has 5 nitrogen and oxygen atoms in total. The van der Waals surface area contributed by atoms with Crippen molar-refractivity contribution in [2.24, 2.45) is 4.99 Å². The number of pyridine rings is 1. The topological polar surface area (TPSA) is 48.8 Å². The Bertz CT molecular complexity index is 913. The van der Waals surface area contributed by atoms with Gasteiger partial charge in [0.25, 0.3) is 0 Å². The molecule has 0 unspecified atom stereocenters. The van der Waals surface area contributed by atoms with Crippen molar-refractivity contribution in [2.45, 2.75) is 13.8 Å². The van der Waals surface area contributed by atoms with Gasteiger partial charge in [-0.05, 0) is 38.1 Å². The van der Waals surface area contributed by atoms with Crippen LogP contribution in [0.15, 0.2) is 52.7 Å². The Morgan fingerprint density at radius 1 is 1.29 bits per heavy atom. The third-order valence-electron chi connectivity index (χ3n) is 3.66. The molecule has 0 saturated heterocycles. The number of likely N-dealkylation sites (N-methyl/N-ethyl adjacent to an activating group) is 1. The lowest BCUT2D eigenvalue weighted by Crippen LogP contribution is -2.13. The number of carbonyl (C=O) groups excluding carboxylic acids is 1. The monoisotopic (exact) mass is 418 g/mol. The van der Waals surface area contributed by atoms with Gasteiger partial charge in [-0.1, -0.05) is 24.3 Å². The second-order valence-corrected chi connectivity index (χ2v) is 7.69. The predicted molar refractivity (Wildman–Crippen MR) is 124 cm³/mol. The van der Waals surface area contributed by atoms with Crippen LogP contribution in [0.2, 0.25) is 0 Å². The van der Waals surface area contributed by atoms with Crippen LogP contribution in [0.5, 0.6) is 0 Å². The van der Waals surface area contributed by atoms with Gasteiger partial charge in [0, 0.05) is 55.7 Å². The van der Waals surface area contributed by atoms with Gasteiger partial charge in [0.15, 0.2) is 6.29 Å². The van der Waals surface area contributed by atoms with E-state index in [4.69, 9.17) is 11.6 Å². The molecule has 0 radical (unpaired) electrons. The summed E-state index contributed by atoms with van der Waals surface area (Å²) in [6.45, 7) is 7.49. The number of hydrogen-bond acceptors (Lipinski definition) is 5. The lowest BCUT2D eigenvalue weighted by molar-refractivity contribution is 0.112. The number of rotatable bonds is 6. The maximum absolute atomic E-state index is 10.7. The fourth-order valence-corrected chi connectivity index (χ4v) is 3.37. The summed E-state index contributed by atoms with van der Waals surface area (Å²) in [5.74, 6) is 0. The maximum atomic E-state index is 10.7. The summed E-state index contributed by atoms with van der Waals surface area (Å²) < 4.78 is 0. The molecule has 0 aliphatic rings. The molecule has 2 rings (SSSR count). The fourth-order valence-electron chi connectivity index (χ4n) is 2.40. The van der Waals surface area contributed by atoms with E-state index in [0.29, 0.717) is 5.03 Å². The average Bonchev–Trinajstić information content (AvgIpc) is 3.04. The van der Waals surface area contributed by atoms with Crippen molar-refractivity contribution < 1.29 is 4.79 Å². The molecule has 0 aliphatic heterocycles. The van der Waals surface area contributed by atoms with Gasteiger partial charge in [-0.25, -0.2) is 4.98 Å². The highest BCUT2D eigenvalue weighted by atomic mass is 35.5. The number of nitrogens with zero attached hydrogens (tertiary/aromatic N) is 4. The summed E-state index contributed by atoms with van der Waals surface area (Å²) >= 11 is 7.04. The SMILES string of the molecule is C=C(Cl)/C=C\C(=C/C)N(C)C=NC.Cc1cc(N(C)C)c2cc(C=O)sc2n1. The fraction of sp³-hybridized carbons (Fsp3) is 0.286. The van der Waals surface area contributed by atoms with E-state index in [2.05, 4.69) is 16.6 Å². The van der Waals surface area contributed by atoms with Gasteiger partial charge in [0.2, 0.25) is 0 Å². The average molecular weight is 419 g/mol. The molecule has 0 atom stereocenters. The Morgan fingerprint density at radius 3 is 2.46 bits per heavy atom. The first kappa shape index (κ1) is 23.6. The predicted octanol–water partition coefficient (Wildman–Crippen LogP) is 5.27. The Balaban J connectivity index is 0.000000284. The van der Waals surface area contributed by atoms with Crippen molar-refractivity contribution >= 4 is 51.5 Å². The van der Waals surface area contributed by atoms with Crippen molar-refractivity contribution in [3.8, 4) is 0 Å². The third kappa shape index (κ3) is 6.94. The van der Waals surface area contributed by atoms with Crippen LogP contribution in [0.4, 0.5) is 5.69 Å². The number of aromatic nitrogens is 1. The number of fused-ring (bicyclic) bond motifs is 1. The molecule has 0 amide bonds. The number of thiophene rings is 1. The van der Waals surface area contributed by atoms with Crippen LogP contribution < -0.4 is 4.90 Å². The van der Waals surface area contributed by atoms with Crippen molar-refractivity contribution in [3.63, 3.8) is 0 Å². The van der Waals surface area contributed by atoms with Crippen LogP contribution in [0.25, 0.3) is 10.2 Å². The molecular weight excluding hydrogens is 392 g/mol. The van der Waals surface area contributed by atoms with E-state index in [1.165, 1.54) is 11.3 Å². The summed E-state index contributed by atoms with van der Waals surface area (Å²) in [5, 5.41) is 1.57. The molecule has 0 aliphatic carbocycles. The van der Waals surface area contributed by atoms with Gasteiger partial charge in [-0.2, -0.15) is 0 Å². The van der Waals surface area contributed by atoms with Crippen LogP contribution in [-0.2, 0) is 0 Å². The van der Waals surface area contributed by atoms with E-state index >= 15 is 0 Å². The molecule has 150 valence electrons. The lowest BCUT2D eigenvalue weighted by atomic mass is 10.2. The summed E-state index contributed by atoms with van der Waals surface area (Å²) in [5.41, 5.74) is 3.11. The summed E-state index contributed by atoms with van der Waals surface area (Å²) in [4.78, 5) is 24.6. The first-order chi connectivity index (χ1) is 13.2. The first-order valence-corrected chi connectivity index (χ1v) is 9.80. The summed E-state index contributed by atoms with van der Waals surface area (Å²) in [6, 6.07) is 3.93. The highest BCUT2D eigenvalue weighted by molar-refractivity contribution is 7.20. The van der Waals surface area contributed by atoms with Crippen LogP contribution in [0.3, 0.4) is 0 Å². The highest BCUT2D eigenvalue weighted by Gasteiger charge is 2.09. The van der Waals surface area contributed by atoms with Crippen molar-refractivity contribution in [1.29, 1.82) is 0 Å². The van der Waals surface area contributed by atoms with Crippen molar-refractivity contribution in [1.82, 2.24) is 9.88 Å². The van der Waals surface area contributed by atoms with E-state index in [0.717, 1.165) is 38.5 Å². The number of aliphatic imine (C=N–C) groups is 1. The van der Waals surface area contributed by atoms with Crippen LogP contribution >= 0.6 is 22.9 Å². The number of hydrogen-bond donors (Lipinski definition) is 0. The van der Waals surface area contributed by atoms with Gasteiger partial charge >= 0.3 is 0 Å². The zero-order valence-electron chi connectivity index (χ0n) is 17.2. The molecule has 2 heterocycles. The Hall–Kier alpha value is -2.44. The molecule has 7 heteroatoms. The molecule has 2 aromatic heterocycles. The van der Waals surface area contributed by atoms with Gasteiger partial charge in [0.1, 0.15) is 4.83 Å². The number of allylic oxidation sites excluding steroid dienone is 4. The van der Waals surface area contributed by atoms with E-state index in [1.807, 2.05) is 69.1 Å². The second-order valence-electron chi connectivity index (χ2n) is 6.14. The van der Waals surface area contributed by atoms with Crippen molar-refractivity contribution in [2.75, 3.05) is 33.1 Å². The van der Waals surface area contributed by atoms with Gasteiger partial charge in [-0.3, -0.25) is 9.79 Å². The van der Waals surface area contributed by atoms with E-state index in [9.17, 15) is 4.79 Å². The number of aryl methyl sites for hydroxylation is 1. The summed E-state index contributed by atoms with van der Waals surface area (Å²) in [7, 11) is 7.64.